The molecule has 1 atom stereocenters. The molecule has 0 saturated carbocycles. The van der Waals surface area contributed by atoms with Gasteiger partial charge in [-0.05, 0) is 30.5 Å². The molecular formula is C20H32F2N4O2. The first-order valence-electron chi connectivity index (χ1n) is 9.87. The monoisotopic (exact) mass is 398 g/mol. The summed E-state index contributed by atoms with van der Waals surface area (Å²) in [6.45, 7) is 8.94. The maximum Gasteiger partial charge on any atom is 0.387 e. The largest absolute Gasteiger partial charge is 0.435 e. The normalized spacial score (nSPS) is 17.0. The molecule has 0 aliphatic carbocycles. The topological polar surface area (TPSA) is 58.1 Å². The summed E-state index contributed by atoms with van der Waals surface area (Å²) in [6, 6.07) is 7.02. The Morgan fingerprint density at radius 2 is 2.00 bits per heavy atom. The van der Waals surface area contributed by atoms with Crippen LogP contribution in [-0.4, -0.2) is 62.9 Å². The Morgan fingerprint density at radius 1 is 1.25 bits per heavy atom. The molecule has 28 heavy (non-hydrogen) atoms. The highest BCUT2D eigenvalue weighted by Crippen LogP contribution is 2.16. The second-order valence-electron chi connectivity index (χ2n) is 7.06. The van der Waals surface area contributed by atoms with Crippen LogP contribution in [0.1, 0.15) is 26.3 Å². The van der Waals surface area contributed by atoms with Gasteiger partial charge < -0.3 is 20.1 Å². The molecule has 158 valence electrons. The average Bonchev–Trinajstić information content (AvgIpc) is 2.66. The quantitative estimate of drug-likeness (QED) is 0.495. The number of benzene rings is 1. The van der Waals surface area contributed by atoms with Crippen LogP contribution in [0.2, 0.25) is 0 Å². The Balaban J connectivity index is 1.97. The molecule has 0 amide bonds. The summed E-state index contributed by atoms with van der Waals surface area (Å²) in [5.74, 6) is 1.35. The van der Waals surface area contributed by atoms with E-state index in [1.165, 1.54) is 6.07 Å². The van der Waals surface area contributed by atoms with Gasteiger partial charge in [0.05, 0.1) is 19.8 Å². The fraction of sp³-hybridized carbons (Fsp3) is 0.650. The van der Waals surface area contributed by atoms with E-state index in [0.717, 1.165) is 45.0 Å². The van der Waals surface area contributed by atoms with Crippen molar-refractivity contribution in [2.75, 3.05) is 39.4 Å². The van der Waals surface area contributed by atoms with Gasteiger partial charge in [-0.1, -0.05) is 26.0 Å². The summed E-state index contributed by atoms with van der Waals surface area (Å²) in [4.78, 5) is 7.04. The molecular weight excluding hydrogens is 366 g/mol. The summed E-state index contributed by atoms with van der Waals surface area (Å²) in [7, 11) is 0. The lowest BCUT2D eigenvalue weighted by atomic mass is 10.0. The van der Waals surface area contributed by atoms with Crippen LogP contribution in [0.4, 0.5) is 8.78 Å². The van der Waals surface area contributed by atoms with E-state index in [-0.39, 0.29) is 5.75 Å². The standard InChI is InChI=1S/C20H32F2N4O2/c1-4-23-20(24-13-16-6-5-7-17(12-16)28-19(21)22)25-14-18(15(2)3)26-8-10-27-11-9-26/h5-7,12,15,18-19H,4,8-11,13-14H2,1-3H3,(H2,23,24,25). The van der Waals surface area contributed by atoms with Crippen LogP contribution in [0.15, 0.2) is 29.3 Å². The third-order valence-corrected chi connectivity index (χ3v) is 4.65. The fourth-order valence-electron chi connectivity index (χ4n) is 3.23. The highest BCUT2D eigenvalue weighted by Gasteiger charge is 2.23. The predicted molar refractivity (Wildman–Crippen MR) is 107 cm³/mol. The molecule has 1 aromatic rings. The van der Waals surface area contributed by atoms with Crippen LogP contribution in [0.25, 0.3) is 0 Å². The summed E-state index contributed by atoms with van der Waals surface area (Å²) >= 11 is 0. The van der Waals surface area contributed by atoms with Crippen molar-refractivity contribution in [3.63, 3.8) is 0 Å². The molecule has 1 heterocycles. The first kappa shape index (κ1) is 22.4. The lowest BCUT2D eigenvalue weighted by Crippen LogP contribution is -2.52. The predicted octanol–water partition coefficient (Wildman–Crippen LogP) is 2.70. The Hall–Kier alpha value is -1.93. The zero-order chi connectivity index (χ0) is 20.4. The van der Waals surface area contributed by atoms with Gasteiger partial charge in [0, 0.05) is 32.2 Å². The minimum Gasteiger partial charge on any atom is -0.435 e. The number of hydrogen-bond donors (Lipinski definition) is 2. The number of alkyl halides is 2. The minimum absolute atomic E-state index is 0.146. The van der Waals surface area contributed by atoms with Crippen molar-refractivity contribution in [1.82, 2.24) is 15.5 Å². The Morgan fingerprint density at radius 3 is 2.64 bits per heavy atom. The molecule has 1 fully saturated rings. The van der Waals surface area contributed by atoms with Gasteiger partial charge in [0.1, 0.15) is 5.75 Å². The smallest absolute Gasteiger partial charge is 0.387 e. The number of halogens is 2. The van der Waals surface area contributed by atoms with E-state index < -0.39 is 6.61 Å². The first-order chi connectivity index (χ1) is 13.5. The third-order valence-electron chi connectivity index (χ3n) is 4.65. The molecule has 2 N–H and O–H groups in total. The summed E-state index contributed by atoms with van der Waals surface area (Å²) in [5, 5.41) is 6.66. The zero-order valence-corrected chi connectivity index (χ0v) is 17.0. The third kappa shape index (κ3) is 7.59. The lowest BCUT2D eigenvalue weighted by Gasteiger charge is -2.37. The molecule has 0 aromatic heterocycles. The van der Waals surface area contributed by atoms with Gasteiger partial charge in [0.2, 0.25) is 0 Å². The number of nitrogens with zero attached hydrogens (tertiary/aromatic N) is 2. The number of aliphatic imine (C=N–C) groups is 1. The highest BCUT2D eigenvalue weighted by atomic mass is 19.3. The second kappa shape index (κ2) is 11.8. The highest BCUT2D eigenvalue weighted by molar-refractivity contribution is 5.79. The maximum absolute atomic E-state index is 12.4. The molecule has 0 spiro atoms. The van der Waals surface area contributed by atoms with E-state index in [1.807, 2.05) is 13.0 Å². The second-order valence-corrected chi connectivity index (χ2v) is 7.06. The van der Waals surface area contributed by atoms with Crippen molar-refractivity contribution in [3.8, 4) is 5.75 Å². The van der Waals surface area contributed by atoms with E-state index in [9.17, 15) is 8.78 Å². The number of ether oxygens (including phenoxy) is 2. The number of guanidine groups is 1. The van der Waals surface area contributed by atoms with E-state index in [1.54, 1.807) is 12.1 Å². The van der Waals surface area contributed by atoms with E-state index in [4.69, 9.17) is 4.74 Å². The molecule has 1 aliphatic rings. The SMILES string of the molecule is CCNC(=NCc1cccc(OC(F)F)c1)NCC(C(C)C)N1CCOCC1. The van der Waals surface area contributed by atoms with Crippen LogP contribution in [0.3, 0.4) is 0 Å². The Bertz CT molecular complexity index is 608. The number of rotatable bonds is 9. The number of nitrogens with one attached hydrogen (secondary N) is 2. The van der Waals surface area contributed by atoms with E-state index in [2.05, 4.69) is 39.1 Å². The molecule has 1 unspecified atom stereocenters. The molecule has 1 saturated heterocycles. The van der Waals surface area contributed by atoms with E-state index in [0.29, 0.717) is 24.5 Å². The van der Waals surface area contributed by atoms with Crippen molar-refractivity contribution >= 4 is 5.96 Å². The molecule has 8 heteroatoms. The average molecular weight is 398 g/mol. The van der Waals surface area contributed by atoms with Gasteiger partial charge in [0.25, 0.3) is 0 Å². The van der Waals surface area contributed by atoms with Crippen molar-refractivity contribution in [2.45, 2.75) is 40.0 Å². The molecule has 1 aromatic carbocycles. The summed E-state index contributed by atoms with van der Waals surface area (Å²) < 4.78 is 34.7. The van der Waals surface area contributed by atoms with Crippen LogP contribution < -0.4 is 15.4 Å². The van der Waals surface area contributed by atoms with Crippen LogP contribution >= 0.6 is 0 Å². The molecule has 0 bridgehead atoms. The van der Waals surface area contributed by atoms with Crippen LogP contribution in [0.5, 0.6) is 5.75 Å². The van der Waals surface area contributed by atoms with Crippen LogP contribution in [-0.2, 0) is 11.3 Å². The van der Waals surface area contributed by atoms with Gasteiger partial charge in [-0.3, -0.25) is 4.90 Å². The minimum atomic E-state index is -2.83. The zero-order valence-electron chi connectivity index (χ0n) is 17.0. The fourth-order valence-corrected chi connectivity index (χ4v) is 3.23. The maximum atomic E-state index is 12.4. The molecule has 2 rings (SSSR count). The molecule has 1 aliphatic heterocycles. The van der Waals surface area contributed by atoms with Gasteiger partial charge in [-0.15, -0.1) is 0 Å². The number of morpholine rings is 1. The van der Waals surface area contributed by atoms with Gasteiger partial charge in [-0.2, -0.15) is 8.78 Å². The van der Waals surface area contributed by atoms with Crippen molar-refractivity contribution in [2.24, 2.45) is 10.9 Å². The first-order valence-corrected chi connectivity index (χ1v) is 9.87. The Kier molecular flexibility index (Phi) is 9.43. The number of hydrogen-bond acceptors (Lipinski definition) is 4. The van der Waals surface area contributed by atoms with Crippen molar-refractivity contribution in [3.05, 3.63) is 29.8 Å². The summed E-state index contributed by atoms with van der Waals surface area (Å²) in [5.41, 5.74) is 0.809. The van der Waals surface area contributed by atoms with E-state index >= 15 is 0 Å². The lowest BCUT2D eigenvalue weighted by molar-refractivity contribution is -0.0498. The Labute approximate surface area is 166 Å². The summed E-state index contributed by atoms with van der Waals surface area (Å²) in [6.07, 6.45) is 0. The molecule has 0 radical (unpaired) electrons. The van der Waals surface area contributed by atoms with Crippen molar-refractivity contribution in [1.29, 1.82) is 0 Å². The van der Waals surface area contributed by atoms with Gasteiger partial charge in [-0.25, -0.2) is 4.99 Å². The molecule has 6 nitrogen and oxygen atoms in total. The van der Waals surface area contributed by atoms with Crippen molar-refractivity contribution < 1.29 is 18.3 Å². The van der Waals surface area contributed by atoms with Crippen LogP contribution in [0, 0.1) is 5.92 Å². The van der Waals surface area contributed by atoms with Gasteiger partial charge >= 0.3 is 6.61 Å². The van der Waals surface area contributed by atoms with Gasteiger partial charge in [0.15, 0.2) is 5.96 Å².